The van der Waals surface area contributed by atoms with Gasteiger partial charge >= 0.3 is 29.0 Å². The van der Waals surface area contributed by atoms with Crippen molar-refractivity contribution in [2.45, 2.75) is 37.9 Å². The van der Waals surface area contributed by atoms with Gasteiger partial charge in [-0.05, 0) is 0 Å². The number of rotatable bonds is 12. The van der Waals surface area contributed by atoms with Gasteiger partial charge in [-0.2, -0.15) is 0 Å². The van der Waals surface area contributed by atoms with E-state index in [1.165, 1.54) is 0 Å². The molecule has 1 fully saturated rings. The highest BCUT2D eigenvalue weighted by atomic mass is 16.6. The molecule has 170 valence electrons. The van der Waals surface area contributed by atoms with Crippen molar-refractivity contribution in [3.05, 3.63) is 56.8 Å². The van der Waals surface area contributed by atoms with Crippen molar-refractivity contribution in [1.82, 2.24) is 13.7 Å². The van der Waals surface area contributed by atoms with Crippen molar-refractivity contribution in [1.29, 1.82) is 0 Å². The minimum absolute atomic E-state index is 0.138. The molecule has 0 aliphatic carbocycles. The molecule has 1 aromatic heterocycles. The quantitative estimate of drug-likeness (QED) is 0.191. The molecule has 13 nitrogen and oxygen atoms in total. The summed E-state index contributed by atoms with van der Waals surface area (Å²) in [7, 11) is 0. The number of nitrogens with zero attached hydrogens (tertiary/aromatic N) is 3. The Hall–Kier alpha value is -3.29. The van der Waals surface area contributed by atoms with Crippen LogP contribution in [0.2, 0.25) is 0 Å². The van der Waals surface area contributed by atoms with Crippen LogP contribution in [-0.2, 0) is 43.4 Å². The third kappa shape index (κ3) is 6.60. The topological polar surface area (TPSA) is 172 Å². The second kappa shape index (κ2) is 10.7. The second-order valence-electron chi connectivity index (χ2n) is 6.61. The van der Waals surface area contributed by atoms with Gasteiger partial charge in [0.2, 0.25) is 0 Å². The Bertz CT molecular complexity index is 947. The average molecular weight is 441 g/mol. The lowest BCUT2D eigenvalue weighted by Crippen LogP contribution is -2.57. The van der Waals surface area contributed by atoms with E-state index in [1.54, 1.807) is 0 Å². The van der Waals surface area contributed by atoms with Gasteiger partial charge in [0, 0.05) is 12.2 Å². The van der Waals surface area contributed by atoms with Gasteiger partial charge in [0.1, 0.15) is 25.4 Å². The molecule has 0 spiro atoms. The molecule has 1 aliphatic heterocycles. The van der Waals surface area contributed by atoms with Crippen LogP contribution in [0.15, 0.2) is 39.7 Å². The van der Waals surface area contributed by atoms with E-state index in [2.05, 4.69) is 22.6 Å². The first kappa shape index (κ1) is 24.0. The van der Waals surface area contributed by atoms with Crippen LogP contribution in [-0.4, -0.2) is 74.0 Å². The molecular formula is C18H23N3O10. The van der Waals surface area contributed by atoms with Crippen LogP contribution in [0.1, 0.15) is 0 Å². The number of carbonyl (C=O) groups excluding carboxylic acids is 2. The Morgan fingerprint density at radius 2 is 1.32 bits per heavy atom. The van der Waals surface area contributed by atoms with Gasteiger partial charge < -0.3 is 24.4 Å². The van der Waals surface area contributed by atoms with Crippen LogP contribution in [0.3, 0.4) is 0 Å². The fourth-order valence-electron chi connectivity index (χ4n) is 2.53. The fraction of sp³-hybridized carbons (Fsp3) is 0.500. The summed E-state index contributed by atoms with van der Waals surface area (Å²) in [6, 6.07) is 0. The standard InChI is InChI=1S/C18H23N3O10/c1-3-14(24)30-8-11(22)5-19-16(26)20(6-12(23)9-31-15(25)4-2)18(28)21(17(19)27)7-13-10-29-13/h3-4,11-13,22-23H,1-2,5-10H2. The molecule has 1 aromatic rings. The second-order valence-corrected chi connectivity index (χ2v) is 6.61. The van der Waals surface area contributed by atoms with Gasteiger partial charge in [0.25, 0.3) is 0 Å². The number of hydrogen-bond donors (Lipinski definition) is 2. The monoisotopic (exact) mass is 441 g/mol. The van der Waals surface area contributed by atoms with Gasteiger partial charge in [0.05, 0.1) is 32.3 Å². The molecule has 0 amide bonds. The number of aliphatic hydroxyl groups excluding tert-OH is 2. The Morgan fingerprint density at radius 3 is 1.68 bits per heavy atom. The van der Waals surface area contributed by atoms with Crippen molar-refractivity contribution in [3.8, 4) is 0 Å². The molecule has 2 rings (SSSR count). The number of aliphatic hydroxyl groups is 2. The smallest absolute Gasteiger partial charge is 0.336 e. The van der Waals surface area contributed by atoms with Crippen molar-refractivity contribution in [3.63, 3.8) is 0 Å². The zero-order chi connectivity index (χ0) is 23.1. The number of aromatic nitrogens is 3. The van der Waals surface area contributed by atoms with E-state index in [1.807, 2.05) is 0 Å². The molecule has 0 radical (unpaired) electrons. The molecule has 0 aromatic carbocycles. The highest BCUT2D eigenvalue weighted by molar-refractivity contribution is 5.81. The molecule has 1 aliphatic rings. The first-order valence-electron chi connectivity index (χ1n) is 9.18. The Labute approximate surface area is 175 Å². The predicted octanol–water partition coefficient (Wildman–Crippen LogP) is -3.25. The van der Waals surface area contributed by atoms with Gasteiger partial charge in [-0.15, -0.1) is 0 Å². The number of epoxide rings is 1. The molecule has 0 bridgehead atoms. The summed E-state index contributed by atoms with van der Waals surface area (Å²) in [6.07, 6.45) is -1.51. The van der Waals surface area contributed by atoms with Crippen molar-refractivity contribution < 1.29 is 34.0 Å². The average Bonchev–Trinajstić information content (AvgIpc) is 3.58. The van der Waals surface area contributed by atoms with E-state index in [4.69, 9.17) is 4.74 Å². The molecule has 3 unspecified atom stereocenters. The maximum absolute atomic E-state index is 12.7. The molecule has 1 saturated heterocycles. The fourth-order valence-corrected chi connectivity index (χ4v) is 2.53. The van der Waals surface area contributed by atoms with Crippen molar-refractivity contribution in [2.75, 3.05) is 19.8 Å². The zero-order valence-electron chi connectivity index (χ0n) is 16.5. The van der Waals surface area contributed by atoms with E-state index in [-0.39, 0.29) is 12.6 Å². The third-order valence-corrected chi connectivity index (χ3v) is 4.13. The lowest BCUT2D eigenvalue weighted by atomic mass is 10.3. The Kier molecular flexibility index (Phi) is 8.24. The van der Waals surface area contributed by atoms with Crippen LogP contribution in [0.5, 0.6) is 0 Å². The maximum atomic E-state index is 12.7. The largest absolute Gasteiger partial charge is 0.460 e. The molecule has 0 saturated carbocycles. The van der Waals surface area contributed by atoms with Crippen LogP contribution in [0.25, 0.3) is 0 Å². The minimum atomic E-state index is -1.44. The molecule has 2 heterocycles. The molecular weight excluding hydrogens is 418 g/mol. The van der Waals surface area contributed by atoms with Gasteiger partial charge in [-0.25, -0.2) is 37.7 Å². The summed E-state index contributed by atoms with van der Waals surface area (Å²) in [5.41, 5.74) is -3.10. The summed E-state index contributed by atoms with van der Waals surface area (Å²) in [4.78, 5) is 60.3. The van der Waals surface area contributed by atoms with E-state index in [0.29, 0.717) is 15.7 Å². The van der Waals surface area contributed by atoms with E-state index in [9.17, 15) is 34.2 Å². The molecule has 13 heteroatoms. The number of carbonyl (C=O) groups is 2. The van der Waals surface area contributed by atoms with Gasteiger partial charge in [-0.1, -0.05) is 13.2 Å². The minimum Gasteiger partial charge on any atom is -0.460 e. The summed E-state index contributed by atoms with van der Waals surface area (Å²) in [5.74, 6) is -1.62. The van der Waals surface area contributed by atoms with Gasteiger partial charge in [0.15, 0.2) is 0 Å². The first-order chi connectivity index (χ1) is 14.7. The maximum Gasteiger partial charge on any atom is 0.336 e. The molecule has 3 atom stereocenters. The van der Waals surface area contributed by atoms with E-state index < -0.39 is 67.5 Å². The lowest BCUT2D eigenvalue weighted by Gasteiger charge is -2.17. The van der Waals surface area contributed by atoms with Crippen LogP contribution < -0.4 is 17.1 Å². The number of ether oxygens (including phenoxy) is 3. The van der Waals surface area contributed by atoms with Gasteiger partial charge in [-0.3, -0.25) is 0 Å². The third-order valence-electron chi connectivity index (χ3n) is 4.13. The van der Waals surface area contributed by atoms with E-state index >= 15 is 0 Å². The van der Waals surface area contributed by atoms with Crippen LogP contribution >= 0.6 is 0 Å². The SMILES string of the molecule is C=CC(=O)OCC(O)Cn1c(=O)n(CC(O)COC(=O)C=C)c(=O)n(CC2CO2)c1=O. The first-order valence-corrected chi connectivity index (χ1v) is 9.18. The van der Waals surface area contributed by atoms with Crippen molar-refractivity contribution in [2.24, 2.45) is 0 Å². The highest BCUT2D eigenvalue weighted by Crippen LogP contribution is 2.09. The summed E-state index contributed by atoms with van der Waals surface area (Å²) in [6.45, 7) is 4.36. The van der Waals surface area contributed by atoms with E-state index in [0.717, 1.165) is 16.7 Å². The highest BCUT2D eigenvalue weighted by Gasteiger charge is 2.27. The Morgan fingerprint density at radius 1 is 0.935 bits per heavy atom. The molecule has 2 N–H and O–H groups in total. The zero-order valence-corrected chi connectivity index (χ0v) is 16.5. The summed E-state index contributed by atoms with van der Waals surface area (Å²) in [5, 5.41) is 20.1. The Balaban J connectivity index is 2.33. The predicted molar refractivity (Wildman–Crippen MR) is 103 cm³/mol. The number of esters is 2. The lowest BCUT2D eigenvalue weighted by molar-refractivity contribution is -0.141. The van der Waals surface area contributed by atoms with Crippen LogP contribution in [0.4, 0.5) is 0 Å². The summed E-state index contributed by atoms with van der Waals surface area (Å²) >= 11 is 0. The molecule has 31 heavy (non-hydrogen) atoms. The normalized spacial score (nSPS) is 16.8. The van der Waals surface area contributed by atoms with Crippen LogP contribution in [0, 0.1) is 0 Å². The number of hydrogen-bond acceptors (Lipinski definition) is 10. The van der Waals surface area contributed by atoms with Crippen molar-refractivity contribution >= 4 is 11.9 Å². The summed E-state index contributed by atoms with van der Waals surface area (Å²) < 4.78 is 16.3.